The molecule has 0 spiro atoms. The van der Waals surface area contributed by atoms with E-state index in [-0.39, 0.29) is 5.78 Å². The second-order valence-corrected chi connectivity index (χ2v) is 2.94. The monoisotopic (exact) mass is 186 g/mol. The summed E-state index contributed by atoms with van der Waals surface area (Å²) in [6.07, 6.45) is 6.00. The van der Waals surface area contributed by atoms with Crippen molar-refractivity contribution in [3.63, 3.8) is 0 Å². The first kappa shape index (κ1) is 14.9. The normalized spacial score (nSPS) is 8.77. The molecule has 0 aliphatic heterocycles. The summed E-state index contributed by atoms with van der Waals surface area (Å²) >= 11 is 0. The van der Waals surface area contributed by atoms with Crippen LogP contribution in [0.3, 0.4) is 0 Å². The molecule has 0 bridgehead atoms. The van der Waals surface area contributed by atoms with Crippen molar-refractivity contribution in [2.24, 2.45) is 0 Å². The lowest BCUT2D eigenvalue weighted by molar-refractivity contribution is -0.117. The van der Waals surface area contributed by atoms with Gasteiger partial charge in [0, 0.05) is 13.0 Å². The molecule has 0 aromatic carbocycles. The molecule has 1 N–H and O–H groups in total. The van der Waals surface area contributed by atoms with E-state index in [9.17, 15) is 4.79 Å². The van der Waals surface area contributed by atoms with Gasteiger partial charge in [-0.25, -0.2) is 0 Å². The Morgan fingerprint density at radius 3 is 2.00 bits per heavy atom. The fraction of sp³-hybridized carbons (Fsp3) is 0.727. The zero-order chi connectivity index (χ0) is 10.5. The molecule has 0 aromatic rings. The molecule has 0 aliphatic carbocycles. The van der Waals surface area contributed by atoms with Crippen LogP contribution in [0, 0.1) is 0 Å². The van der Waals surface area contributed by atoms with Crippen LogP contribution in [-0.4, -0.2) is 17.5 Å². The van der Waals surface area contributed by atoms with Crippen LogP contribution in [-0.2, 0) is 4.79 Å². The lowest BCUT2D eigenvalue weighted by atomic mass is 10.1. The first-order valence-corrected chi connectivity index (χ1v) is 4.87. The maximum Gasteiger partial charge on any atom is 0.129 e. The van der Waals surface area contributed by atoms with E-state index in [1.54, 1.807) is 6.92 Å². The highest BCUT2D eigenvalue weighted by atomic mass is 16.2. The van der Waals surface area contributed by atoms with E-state index in [1.165, 1.54) is 0 Å². The molecular formula is C11H22O2. The van der Waals surface area contributed by atoms with Crippen molar-refractivity contribution in [3.05, 3.63) is 13.2 Å². The zero-order valence-corrected chi connectivity index (χ0v) is 8.72. The molecule has 0 atom stereocenters. The van der Waals surface area contributed by atoms with Gasteiger partial charge in [0.15, 0.2) is 0 Å². The first-order chi connectivity index (χ1) is 6.27. The van der Waals surface area contributed by atoms with Gasteiger partial charge in [0.1, 0.15) is 5.78 Å². The third kappa shape index (κ3) is 18.4. The summed E-state index contributed by atoms with van der Waals surface area (Å²) in [7, 11) is 0. The second kappa shape index (κ2) is 13.9. The van der Waals surface area contributed by atoms with Gasteiger partial charge in [0.25, 0.3) is 0 Å². The van der Waals surface area contributed by atoms with Gasteiger partial charge in [-0.15, -0.1) is 13.2 Å². The van der Waals surface area contributed by atoms with Crippen molar-refractivity contribution in [1.29, 1.82) is 0 Å². The largest absolute Gasteiger partial charge is 0.396 e. The summed E-state index contributed by atoms with van der Waals surface area (Å²) in [4.78, 5) is 10.5. The molecule has 13 heavy (non-hydrogen) atoms. The van der Waals surface area contributed by atoms with Crippen LogP contribution in [0.25, 0.3) is 0 Å². The predicted octanol–water partition coefficient (Wildman–Crippen LogP) is 2.71. The second-order valence-electron chi connectivity index (χ2n) is 2.94. The van der Waals surface area contributed by atoms with Crippen LogP contribution in [0.5, 0.6) is 0 Å². The molecule has 0 heterocycles. The van der Waals surface area contributed by atoms with Crippen molar-refractivity contribution < 1.29 is 9.90 Å². The summed E-state index contributed by atoms with van der Waals surface area (Å²) in [6.45, 7) is 7.93. The molecule has 2 nitrogen and oxygen atoms in total. The minimum atomic E-state index is 0.284. The molecule has 0 aromatic heterocycles. The maximum atomic E-state index is 10.5. The van der Waals surface area contributed by atoms with Crippen molar-refractivity contribution in [2.45, 2.75) is 45.4 Å². The average Bonchev–Trinajstić information content (AvgIpc) is 2.14. The van der Waals surface area contributed by atoms with Crippen molar-refractivity contribution >= 4 is 5.78 Å². The molecule has 78 valence electrons. The van der Waals surface area contributed by atoms with E-state index in [0.717, 1.165) is 38.5 Å². The minimum Gasteiger partial charge on any atom is -0.396 e. The number of hydrogen-bond acceptors (Lipinski definition) is 2. The number of carbonyl (C=O) groups excluding carboxylic acids is 1. The zero-order valence-electron chi connectivity index (χ0n) is 8.72. The van der Waals surface area contributed by atoms with Crippen LogP contribution >= 0.6 is 0 Å². The Morgan fingerprint density at radius 2 is 1.54 bits per heavy atom. The number of carbonyl (C=O) groups is 1. The highest BCUT2D eigenvalue weighted by molar-refractivity contribution is 5.75. The molecule has 0 unspecified atom stereocenters. The quantitative estimate of drug-likeness (QED) is 0.490. The third-order valence-corrected chi connectivity index (χ3v) is 1.69. The van der Waals surface area contributed by atoms with E-state index < -0.39 is 0 Å². The Bertz CT molecular complexity index is 111. The van der Waals surface area contributed by atoms with E-state index in [2.05, 4.69) is 13.2 Å². The SMILES string of the molecule is C=C.CC(=O)CCCCCCCO. The van der Waals surface area contributed by atoms with E-state index in [0.29, 0.717) is 6.61 Å². The van der Waals surface area contributed by atoms with Crippen LogP contribution in [0.1, 0.15) is 45.4 Å². The van der Waals surface area contributed by atoms with Gasteiger partial charge in [-0.05, 0) is 19.8 Å². The third-order valence-electron chi connectivity index (χ3n) is 1.69. The van der Waals surface area contributed by atoms with Crippen molar-refractivity contribution in [1.82, 2.24) is 0 Å². The number of hydrogen-bond donors (Lipinski definition) is 1. The Hall–Kier alpha value is -0.630. The highest BCUT2D eigenvalue weighted by Gasteiger charge is 1.93. The highest BCUT2D eigenvalue weighted by Crippen LogP contribution is 2.04. The molecule has 0 radical (unpaired) electrons. The van der Waals surface area contributed by atoms with Gasteiger partial charge in [-0.3, -0.25) is 0 Å². The number of aliphatic hydroxyl groups is 1. The number of unbranched alkanes of at least 4 members (excludes halogenated alkanes) is 4. The minimum absolute atomic E-state index is 0.284. The van der Waals surface area contributed by atoms with Gasteiger partial charge < -0.3 is 9.90 Å². The van der Waals surface area contributed by atoms with Crippen LogP contribution < -0.4 is 0 Å². The van der Waals surface area contributed by atoms with Crippen molar-refractivity contribution in [3.8, 4) is 0 Å². The molecular weight excluding hydrogens is 164 g/mol. The lowest BCUT2D eigenvalue weighted by Gasteiger charge is -1.97. The molecule has 0 aliphatic rings. The van der Waals surface area contributed by atoms with Gasteiger partial charge in [0.2, 0.25) is 0 Å². The molecule has 0 amide bonds. The topological polar surface area (TPSA) is 37.3 Å². The van der Waals surface area contributed by atoms with Gasteiger partial charge in [0.05, 0.1) is 0 Å². The number of Topliss-reactive ketones (excluding diaryl/α,β-unsaturated/α-hetero) is 1. The summed E-state index contributed by atoms with van der Waals surface area (Å²) in [5.74, 6) is 0.284. The Morgan fingerprint density at radius 1 is 1.08 bits per heavy atom. The summed E-state index contributed by atoms with van der Waals surface area (Å²) in [5, 5.41) is 8.46. The fourth-order valence-corrected chi connectivity index (χ4v) is 1.02. The Balaban J connectivity index is 0. The summed E-state index contributed by atoms with van der Waals surface area (Å²) in [6, 6.07) is 0. The van der Waals surface area contributed by atoms with E-state index >= 15 is 0 Å². The van der Waals surface area contributed by atoms with Crippen LogP contribution in [0.15, 0.2) is 13.2 Å². The van der Waals surface area contributed by atoms with Crippen LogP contribution in [0.2, 0.25) is 0 Å². The smallest absolute Gasteiger partial charge is 0.129 e. The summed E-state index contributed by atoms with van der Waals surface area (Å²) < 4.78 is 0. The lowest BCUT2D eigenvalue weighted by Crippen LogP contribution is -1.89. The maximum absolute atomic E-state index is 10.5. The van der Waals surface area contributed by atoms with Crippen LogP contribution in [0.4, 0.5) is 0 Å². The number of rotatable bonds is 7. The molecule has 0 rings (SSSR count). The van der Waals surface area contributed by atoms with Crippen molar-refractivity contribution in [2.75, 3.05) is 6.61 Å². The predicted molar refractivity (Wildman–Crippen MR) is 56.7 cm³/mol. The molecule has 0 fully saturated rings. The number of ketones is 1. The van der Waals surface area contributed by atoms with E-state index in [1.807, 2.05) is 0 Å². The fourth-order valence-electron chi connectivity index (χ4n) is 1.02. The van der Waals surface area contributed by atoms with Gasteiger partial charge >= 0.3 is 0 Å². The first-order valence-electron chi connectivity index (χ1n) is 4.87. The Labute approximate surface area is 81.7 Å². The van der Waals surface area contributed by atoms with Gasteiger partial charge in [-0.2, -0.15) is 0 Å². The van der Waals surface area contributed by atoms with E-state index in [4.69, 9.17) is 5.11 Å². The average molecular weight is 186 g/mol. The molecule has 2 heteroatoms. The standard InChI is InChI=1S/C9H18O2.C2H4/c1-9(11)7-5-3-2-4-6-8-10;1-2/h10H,2-8H2,1H3;1-2H2. The number of aliphatic hydroxyl groups excluding tert-OH is 1. The van der Waals surface area contributed by atoms with Gasteiger partial charge in [-0.1, -0.05) is 19.3 Å². The Kier molecular flexibility index (Phi) is 15.9. The molecule has 0 saturated carbocycles. The summed E-state index contributed by atoms with van der Waals surface area (Å²) in [5.41, 5.74) is 0. The molecule has 0 saturated heterocycles.